The molecule has 0 aromatic heterocycles. The molecule has 28 heavy (non-hydrogen) atoms. The van der Waals surface area contributed by atoms with Crippen molar-refractivity contribution < 1.29 is 14.0 Å². The van der Waals surface area contributed by atoms with Crippen LogP contribution in [0.5, 0.6) is 0 Å². The number of hydrogen-bond acceptors (Lipinski definition) is 3. The van der Waals surface area contributed by atoms with Crippen LogP contribution in [0.15, 0.2) is 110 Å². The minimum atomic E-state index is -0.903. The van der Waals surface area contributed by atoms with Crippen LogP contribution in [0.4, 0.5) is 0 Å². The zero-order valence-electron chi connectivity index (χ0n) is 15.4. The minimum Gasteiger partial charge on any atom is -0.496 e. The summed E-state index contributed by atoms with van der Waals surface area (Å²) in [6.07, 6.45) is 10.2. The zero-order chi connectivity index (χ0) is 19.3. The lowest BCUT2D eigenvalue weighted by atomic mass is 10.2. The Hall–Kier alpha value is -3.66. The van der Waals surface area contributed by atoms with E-state index in [0.717, 1.165) is 16.7 Å². The van der Waals surface area contributed by atoms with Gasteiger partial charge in [0.25, 0.3) is 0 Å². The van der Waals surface area contributed by atoms with E-state index < -0.39 is 7.32 Å². The first-order chi connectivity index (χ1) is 13.9. The minimum absolute atomic E-state index is 0.903. The van der Waals surface area contributed by atoms with Crippen LogP contribution in [-0.4, -0.2) is 7.32 Å². The molecule has 0 aliphatic carbocycles. The Morgan fingerprint density at radius 1 is 0.429 bits per heavy atom. The van der Waals surface area contributed by atoms with Crippen molar-refractivity contribution in [2.24, 2.45) is 0 Å². The Kier molecular flexibility index (Phi) is 7.61. The molecule has 0 N–H and O–H groups in total. The molecule has 0 saturated heterocycles. The zero-order valence-corrected chi connectivity index (χ0v) is 15.4. The van der Waals surface area contributed by atoms with E-state index in [1.165, 1.54) is 0 Å². The molecule has 138 valence electrons. The lowest BCUT2D eigenvalue weighted by Gasteiger charge is -2.08. The van der Waals surface area contributed by atoms with Crippen molar-refractivity contribution in [1.82, 2.24) is 0 Å². The highest BCUT2D eigenvalue weighted by Gasteiger charge is 2.24. The van der Waals surface area contributed by atoms with Gasteiger partial charge in [0.15, 0.2) is 0 Å². The number of benzene rings is 3. The van der Waals surface area contributed by atoms with Gasteiger partial charge in [-0.1, -0.05) is 91.0 Å². The van der Waals surface area contributed by atoms with Crippen LogP contribution in [-0.2, 0) is 14.0 Å². The molecule has 0 amide bonds. The maximum Gasteiger partial charge on any atom is 0.862 e. The van der Waals surface area contributed by atoms with Gasteiger partial charge in [-0.15, -0.1) is 0 Å². The van der Waals surface area contributed by atoms with E-state index in [1.54, 1.807) is 18.8 Å². The molecular weight excluding hydrogens is 347 g/mol. The fourth-order valence-electron chi connectivity index (χ4n) is 2.33. The molecule has 3 aromatic carbocycles. The fraction of sp³-hybridized carbons (Fsp3) is 0. The second-order valence-electron chi connectivity index (χ2n) is 5.84. The van der Waals surface area contributed by atoms with Crippen molar-refractivity contribution in [1.29, 1.82) is 0 Å². The molecule has 0 bridgehead atoms. The Labute approximate surface area is 166 Å². The third kappa shape index (κ3) is 6.92. The van der Waals surface area contributed by atoms with Gasteiger partial charge in [0.05, 0.1) is 18.8 Å². The van der Waals surface area contributed by atoms with Gasteiger partial charge in [0.2, 0.25) is 0 Å². The van der Waals surface area contributed by atoms with Crippen molar-refractivity contribution in [3.63, 3.8) is 0 Å². The summed E-state index contributed by atoms with van der Waals surface area (Å²) >= 11 is 0. The van der Waals surface area contributed by atoms with Crippen molar-refractivity contribution in [2.75, 3.05) is 0 Å². The third-order valence-corrected chi connectivity index (χ3v) is 3.75. The van der Waals surface area contributed by atoms with E-state index in [4.69, 9.17) is 14.0 Å². The highest BCUT2D eigenvalue weighted by atomic mass is 16.7. The maximum atomic E-state index is 5.59. The molecule has 0 aliphatic rings. The van der Waals surface area contributed by atoms with E-state index in [0.29, 0.717) is 0 Å². The molecule has 0 heterocycles. The maximum absolute atomic E-state index is 5.59. The highest BCUT2D eigenvalue weighted by Crippen LogP contribution is 2.07. The van der Waals surface area contributed by atoms with Crippen molar-refractivity contribution in [2.45, 2.75) is 0 Å². The monoisotopic (exact) mass is 368 g/mol. The van der Waals surface area contributed by atoms with Gasteiger partial charge in [-0.25, -0.2) is 0 Å². The molecule has 3 aromatic rings. The van der Waals surface area contributed by atoms with E-state index >= 15 is 0 Å². The van der Waals surface area contributed by atoms with Gasteiger partial charge in [-0.2, -0.15) is 0 Å². The topological polar surface area (TPSA) is 27.7 Å². The average Bonchev–Trinajstić information content (AvgIpc) is 2.76. The average molecular weight is 368 g/mol. The highest BCUT2D eigenvalue weighted by molar-refractivity contribution is 6.37. The summed E-state index contributed by atoms with van der Waals surface area (Å²) in [5, 5.41) is 0. The largest absolute Gasteiger partial charge is 0.862 e. The quantitative estimate of drug-likeness (QED) is 0.341. The first-order valence-electron chi connectivity index (χ1n) is 9.01. The Bertz CT molecular complexity index is 768. The lowest BCUT2D eigenvalue weighted by molar-refractivity contribution is 0.226. The van der Waals surface area contributed by atoms with Gasteiger partial charge in [0, 0.05) is 0 Å². The van der Waals surface area contributed by atoms with Crippen molar-refractivity contribution >= 4 is 25.5 Å². The molecule has 0 spiro atoms. The van der Waals surface area contributed by atoms with Crippen LogP contribution in [0.25, 0.3) is 18.2 Å². The van der Waals surface area contributed by atoms with Crippen molar-refractivity contribution in [3.8, 4) is 0 Å². The Morgan fingerprint density at radius 3 is 1.00 bits per heavy atom. The SMILES string of the molecule is C(=C\c1ccccc1)/OB(O/C=C/c1ccccc1)O/C=C/c1ccccc1. The summed E-state index contributed by atoms with van der Waals surface area (Å²) in [5.74, 6) is 0. The van der Waals surface area contributed by atoms with Crippen LogP contribution < -0.4 is 0 Å². The van der Waals surface area contributed by atoms with Crippen LogP contribution in [0.2, 0.25) is 0 Å². The molecule has 0 atom stereocenters. The first-order valence-corrected chi connectivity index (χ1v) is 9.01. The van der Waals surface area contributed by atoms with Crippen LogP contribution in [0.3, 0.4) is 0 Å². The Balaban J connectivity index is 1.59. The molecule has 4 heteroatoms. The third-order valence-electron chi connectivity index (χ3n) is 3.75. The van der Waals surface area contributed by atoms with Gasteiger partial charge in [0.1, 0.15) is 0 Å². The second-order valence-corrected chi connectivity index (χ2v) is 5.84. The van der Waals surface area contributed by atoms with Gasteiger partial charge in [-0.05, 0) is 34.9 Å². The predicted molar refractivity (Wildman–Crippen MR) is 115 cm³/mol. The van der Waals surface area contributed by atoms with E-state index in [9.17, 15) is 0 Å². The predicted octanol–water partition coefficient (Wildman–Crippen LogP) is 6.03. The molecular formula is C24H21BO3. The van der Waals surface area contributed by atoms with E-state index in [1.807, 2.05) is 109 Å². The normalized spacial score (nSPS) is 11.1. The molecule has 3 nitrogen and oxygen atoms in total. The summed E-state index contributed by atoms with van der Waals surface area (Å²) in [4.78, 5) is 0. The van der Waals surface area contributed by atoms with Gasteiger partial charge >= 0.3 is 7.32 Å². The number of hydrogen-bond donors (Lipinski definition) is 0. The van der Waals surface area contributed by atoms with Crippen molar-refractivity contribution in [3.05, 3.63) is 126 Å². The summed E-state index contributed by atoms with van der Waals surface area (Å²) in [5.41, 5.74) is 3.09. The molecule has 0 fully saturated rings. The summed E-state index contributed by atoms with van der Waals surface area (Å²) in [6.45, 7) is 0. The van der Waals surface area contributed by atoms with Crippen LogP contribution >= 0.6 is 0 Å². The van der Waals surface area contributed by atoms with Gasteiger partial charge in [-0.3, -0.25) is 0 Å². The molecule has 0 saturated carbocycles. The first kappa shape index (κ1) is 19.1. The number of rotatable bonds is 9. The standard InChI is InChI=1S/C24H21BO3/c1-4-10-22(11-5-1)16-19-26-25(27-20-17-23-12-6-2-7-13-23)28-21-18-24-14-8-3-9-15-24/h1-21H/b19-16+,20-17+,21-18+. The Morgan fingerprint density at radius 2 is 0.714 bits per heavy atom. The fourth-order valence-corrected chi connectivity index (χ4v) is 2.33. The molecule has 0 radical (unpaired) electrons. The van der Waals surface area contributed by atoms with Crippen LogP contribution in [0.1, 0.15) is 16.7 Å². The molecule has 3 rings (SSSR count). The summed E-state index contributed by atoms with van der Waals surface area (Å²) < 4.78 is 16.8. The summed E-state index contributed by atoms with van der Waals surface area (Å²) in [6, 6.07) is 29.6. The van der Waals surface area contributed by atoms with E-state index in [-0.39, 0.29) is 0 Å². The van der Waals surface area contributed by atoms with Crippen LogP contribution in [0, 0.1) is 0 Å². The summed E-state index contributed by atoms with van der Waals surface area (Å²) in [7, 11) is -0.903. The molecule has 0 unspecified atom stereocenters. The lowest BCUT2D eigenvalue weighted by Crippen LogP contribution is -2.20. The molecule has 0 aliphatic heterocycles. The van der Waals surface area contributed by atoms with E-state index in [2.05, 4.69) is 0 Å². The van der Waals surface area contributed by atoms with Gasteiger partial charge < -0.3 is 14.0 Å². The smallest absolute Gasteiger partial charge is 0.496 e. The second kappa shape index (κ2) is 11.1.